The molecule has 6 rings (SSSR count). The summed E-state index contributed by atoms with van der Waals surface area (Å²) in [6.45, 7) is 6.45. The van der Waals surface area contributed by atoms with Crippen molar-refractivity contribution in [3.63, 3.8) is 0 Å². The van der Waals surface area contributed by atoms with Crippen molar-refractivity contribution in [2.45, 2.75) is 26.2 Å². The summed E-state index contributed by atoms with van der Waals surface area (Å²) in [6, 6.07) is 21.1. The molecule has 0 unspecified atom stereocenters. The van der Waals surface area contributed by atoms with Gasteiger partial charge < -0.3 is 19.5 Å². The van der Waals surface area contributed by atoms with Crippen LogP contribution in [-0.4, -0.2) is 25.3 Å². The number of carbonyl (C=O) groups excluding carboxylic acids is 1. The van der Waals surface area contributed by atoms with Gasteiger partial charge in [-0.15, -0.1) is 0 Å². The molecule has 0 radical (unpaired) electrons. The third kappa shape index (κ3) is 4.59. The molecule has 0 saturated heterocycles. The Labute approximate surface area is 219 Å². The third-order valence-electron chi connectivity index (χ3n) is 6.40. The standard InChI is InChI=1S/C30H26N6O2/c1-30(2,3)21-9-7-19(8-10-21)29(37)34-22-6-4-5-20(15-22)25-17-36-14-13-31-28(36)27(35-25)33-23-11-12-24-26(16-23)38-18-32-24/h4-18H,1-3H3,(H,33,35)(H,34,37). The summed E-state index contributed by atoms with van der Waals surface area (Å²) in [5.41, 5.74) is 7.05. The summed E-state index contributed by atoms with van der Waals surface area (Å²) in [5.74, 6) is 0.436. The Morgan fingerprint density at radius 3 is 2.61 bits per heavy atom. The largest absolute Gasteiger partial charge is 0.443 e. The molecule has 6 aromatic rings. The van der Waals surface area contributed by atoms with E-state index in [9.17, 15) is 4.79 Å². The molecular formula is C30H26N6O2. The molecule has 0 aliphatic carbocycles. The van der Waals surface area contributed by atoms with Crippen molar-refractivity contribution in [1.29, 1.82) is 0 Å². The molecule has 0 aliphatic heterocycles. The number of amides is 1. The molecule has 38 heavy (non-hydrogen) atoms. The van der Waals surface area contributed by atoms with E-state index in [4.69, 9.17) is 9.40 Å². The van der Waals surface area contributed by atoms with Crippen LogP contribution >= 0.6 is 0 Å². The van der Waals surface area contributed by atoms with E-state index in [1.807, 2.05) is 83.5 Å². The Morgan fingerprint density at radius 2 is 1.79 bits per heavy atom. The highest BCUT2D eigenvalue weighted by Gasteiger charge is 2.15. The molecule has 2 N–H and O–H groups in total. The summed E-state index contributed by atoms with van der Waals surface area (Å²) in [7, 11) is 0. The lowest BCUT2D eigenvalue weighted by Crippen LogP contribution is -2.14. The molecule has 0 fully saturated rings. The van der Waals surface area contributed by atoms with Gasteiger partial charge in [-0.05, 0) is 47.4 Å². The lowest BCUT2D eigenvalue weighted by Gasteiger charge is -2.19. The van der Waals surface area contributed by atoms with Gasteiger partial charge in [-0.1, -0.05) is 45.0 Å². The molecule has 0 atom stereocenters. The van der Waals surface area contributed by atoms with E-state index in [1.54, 1.807) is 6.20 Å². The number of hydrogen-bond donors (Lipinski definition) is 2. The van der Waals surface area contributed by atoms with Crippen LogP contribution in [0.4, 0.5) is 17.2 Å². The fourth-order valence-corrected chi connectivity index (χ4v) is 4.31. The zero-order chi connectivity index (χ0) is 26.3. The molecule has 0 aliphatic rings. The third-order valence-corrected chi connectivity index (χ3v) is 6.40. The molecule has 3 heterocycles. The van der Waals surface area contributed by atoms with Gasteiger partial charge in [-0.2, -0.15) is 0 Å². The van der Waals surface area contributed by atoms with Gasteiger partial charge in [0.15, 0.2) is 23.4 Å². The Bertz CT molecular complexity index is 1780. The molecule has 1 amide bonds. The monoisotopic (exact) mass is 502 g/mol. The van der Waals surface area contributed by atoms with Crippen LogP contribution in [0.15, 0.2) is 96.1 Å². The first kappa shape index (κ1) is 23.4. The number of carbonyl (C=O) groups is 1. The zero-order valence-electron chi connectivity index (χ0n) is 21.3. The Morgan fingerprint density at radius 1 is 0.947 bits per heavy atom. The second-order valence-corrected chi connectivity index (χ2v) is 10.2. The quantitative estimate of drug-likeness (QED) is 0.268. The summed E-state index contributed by atoms with van der Waals surface area (Å²) >= 11 is 0. The number of nitrogens with one attached hydrogen (secondary N) is 2. The topological polar surface area (TPSA) is 97.4 Å². The van der Waals surface area contributed by atoms with Crippen LogP contribution in [0, 0.1) is 0 Å². The predicted molar refractivity (Wildman–Crippen MR) is 149 cm³/mol. The Balaban J connectivity index is 1.28. The second-order valence-electron chi connectivity index (χ2n) is 10.2. The maximum absolute atomic E-state index is 12.9. The normalized spacial score (nSPS) is 11.7. The van der Waals surface area contributed by atoms with E-state index >= 15 is 0 Å². The predicted octanol–water partition coefficient (Wildman–Crippen LogP) is 6.83. The number of oxazole rings is 1. The first-order valence-electron chi connectivity index (χ1n) is 12.3. The van der Waals surface area contributed by atoms with Crippen LogP contribution in [-0.2, 0) is 5.41 Å². The van der Waals surface area contributed by atoms with Crippen molar-refractivity contribution in [2.75, 3.05) is 10.6 Å². The van der Waals surface area contributed by atoms with Crippen molar-refractivity contribution < 1.29 is 9.21 Å². The molecule has 0 saturated carbocycles. The smallest absolute Gasteiger partial charge is 0.255 e. The van der Waals surface area contributed by atoms with E-state index < -0.39 is 0 Å². The lowest BCUT2D eigenvalue weighted by atomic mass is 9.87. The highest BCUT2D eigenvalue weighted by Crippen LogP contribution is 2.28. The molecule has 0 bridgehead atoms. The van der Waals surface area contributed by atoms with Crippen molar-refractivity contribution in [3.8, 4) is 11.3 Å². The van der Waals surface area contributed by atoms with Crippen LogP contribution in [0.5, 0.6) is 0 Å². The number of nitrogens with zero attached hydrogens (tertiary/aromatic N) is 4. The number of hydrogen-bond acceptors (Lipinski definition) is 6. The summed E-state index contributed by atoms with van der Waals surface area (Å²) < 4.78 is 7.35. The summed E-state index contributed by atoms with van der Waals surface area (Å²) in [6.07, 6.45) is 6.94. The van der Waals surface area contributed by atoms with Crippen LogP contribution in [0.1, 0.15) is 36.7 Å². The van der Waals surface area contributed by atoms with Crippen LogP contribution in [0.3, 0.4) is 0 Å². The van der Waals surface area contributed by atoms with Crippen molar-refractivity contribution in [1.82, 2.24) is 19.4 Å². The highest BCUT2D eigenvalue weighted by atomic mass is 16.3. The van der Waals surface area contributed by atoms with Gasteiger partial charge in [-0.3, -0.25) is 4.79 Å². The molecule has 3 aromatic heterocycles. The van der Waals surface area contributed by atoms with Gasteiger partial charge in [-0.25, -0.2) is 15.0 Å². The van der Waals surface area contributed by atoms with Gasteiger partial charge >= 0.3 is 0 Å². The van der Waals surface area contributed by atoms with Gasteiger partial charge in [0.25, 0.3) is 5.91 Å². The molecular weight excluding hydrogens is 476 g/mol. The first-order chi connectivity index (χ1) is 18.3. The maximum atomic E-state index is 12.9. The van der Waals surface area contributed by atoms with Gasteiger partial charge in [0.2, 0.25) is 0 Å². The van der Waals surface area contributed by atoms with Gasteiger partial charge in [0.1, 0.15) is 5.52 Å². The fourth-order valence-electron chi connectivity index (χ4n) is 4.31. The van der Waals surface area contributed by atoms with Gasteiger partial charge in [0.05, 0.1) is 5.69 Å². The van der Waals surface area contributed by atoms with E-state index in [2.05, 4.69) is 41.4 Å². The molecule has 8 heteroatoms. The van der Waals surface area contributed by atoms with Crippen LogP contribution in [0.25, 0.3) is 28.0 Å². The molecule has 0 spiro atoms. The summed E-state index contributed by atoms with van der Waals surface area (Å²) in [4.78, 5) is 26.4. The van der Waals surface area contributed by atoms with Crippen molar-refractivity contribution in [2.24, 2.45) is 0 Å². The number of fused-ring (bicyclic) bond motifs is 2. The second kappa shape index (κ2) is 9.15. The summed E-state index contributed by atoms with van der Waals surface area (Å²) in [5, 5.41) is 6.37. The number of imidazole rings is 1. The number of benzene rings is 3. The van der Waals surface area contributed by atoms with Crippen molar-refractivity contribution >= 4 is 39.8 Å². The number of rotatable bonds is 5. The molecule has 3 aromatic carbocycles. The van der Waals surface area contributed by atoms with Crippen LogP contribution < -0.4 is 10.6 Å². The minimum absolute atomic E-state index is 0.0309. The SMILES string of the molecule is CC(C)(C)c1ccc(C(=O)Nc2cccc(-c3cn4ccnc4c(Nc4ccc5ncoc5c4)n3)c2)cc1. The van der Waals surface area contributed by atoms with Gasteiger partial charge in [0, 0.05) is 47.2 Å². The van der Waals surface area contributed by atoms with E-state index in [-0.39, 0.29) is 11.3 Å². The van der Waals surface area contributed by atoms with E-state index in [0.717, 1.165) is 22.5 Å². The lowest BCUT2D eigenvalue weighted by molar-refractivity contribution is 0.102. The zero-order valence-corrected chi connectivity index (χ0v) is 21.3. The fraction of sp³-hybridized carbons (Fsp3) is 0.133. The van der Waals surface area contributed by atoms with E-state index in [1.165, 1.54) is 12.0 Å². The van der Waals surface area contributed by atoms with Crippen LogP contribution in [0.2, 0.25) is 0 Å². The minimum Gasteiger partial charge on any atom is -0.443 e. The minimum atomic E-state index is -0.161. The Kier molecular flexibility index (Phi) is 5.64. The maximum Gasteiger partial charge on any atom is 0.255 e. The molecule has 8 nitrogen and oxygen atoms in total. The molecule has 188 valence electrons. The Hall–Kier alpha value is -4.98. The van der Waals surface area contributed by atoms with Crippen molar-refractivity contribution in [3.05, 3.63) is 103 Å². The average Bonchev–Trinajstić information content (AvgIpc) is 3.58. The highest BCUT2D eigenvalue weighted by molar-refractivity contribution is 6.04. The first-order valence-corrected chi connectivity index (χ1v) is 12.3. The number of aromatic nitrogens is 4. The van der Waals surface area contributed by atoms with E-state index in [0.29, 0.717) is 28.3 Å². The number of anilines is 3. The average molecular weight is 503 g/mol.